The van der Waals surface area contributed by atoms with Gasteiger partial charge in [0.25, 0.3) is 0 Å². The van der Waals surface area contributed by atoms with Gasteiger partial charge in [0.15, 0.2) is 9.84 Å². The molecule has 154 valence electrons. The van der Waals surface area contributed by atoms with Gasteiger partial charge in [-0.1, -0.05) is 11.6 Å². The normalized spacial score (nSPS) is 11.8. The van der Waals surface area contributed by atoms with Crippen molar-refractivity contribution in [2.75, 3.05) is 11.6 Å². The summed E-state index contributed by atoms with van der Waals surface area (Å²) in [7, 11) is -3.24. The topological polar surface area (TPSA) is 101 Å². The number of fused-ring (bicyclic) bond motifs is 2. The molecule has 3 aromatic heterocycles. The zero-order chi connectivity index (χ0) is 21.6. The van der Waals surface area contributed by atoms with Gasteiger partial charge >= 0.3 is 0 Å². The van der Waals surface area contributed by atoms with Crippen LogP contribution in [0.5, 0.6) is 0 Å². The highest BCUT2D eigenvalue weighted by atomic mass is 35.5. The van der Waals surface area contributed by atoms with Crippen molar-refractivity contribution in [2.45, 2.75) is 4.90 Å². The number of aromatic amines is 1. The maximum atomic E-state index is 11.7. The summed E-state index contributed by atoms with van der Waals surface area (Å²) < 4.78 is 23.3. The second kappa shape index (κ2) is 7.33. The van der Waals surface area contributed by atoms with Crippen molar-refractivity contribution in [3.8, 4) is 11.3 Å². The molecule has 0 radical (unpaired) electrons. The van der Waals surface area contributed by atoms with E-state index in [1.54, 1.807) is 42.9 Å². The first-order valence-corrected chi connectivity index (χ1v) is 11.6. The highest BCUT2D eigenvalue weighted by Gasteiger charge is 2.14. The predicted molar refractivity (Wildman–Crippen MR) is 122 cm³/mol. The van der Waals surface area contributed by atoms with Gasteiger partial charge in [-0.3, -0.25) is 10.1 Å². The molecule has 0 atom stereocenters. The third kappa shape index (κ3) is 3.60. The van der Waals surface area contributed by atoms with Crippen LogP contribution in [-0.2, 0) is 9.84 Å². The molecule has 0 fully saturated rings. The van der Waals surface area contributed by atoms with Crippen LogP contribution >= 0.6 is 11.6 Å². The van der Waals surface area contributed by atoms with E-state index < -0.39 is 9.84 Å². The number of aromatic nitrogens is 4. The minimum absolute atomic E-state index is 0.264. The van der Waals surface area contributed by atoms with E-state index >= 15 is 0 Å². The number of rotatable bonds is 4. The Kier molecular flexibility index (Phi) is 4.60. The van der Waals surface area contributed by atoms with E-state index in [0.717, 1.165) is 38.6 Å². The summed E-state index contributed by atoms with van der Waals surface area (Å²) in [5, 5.41) is 13.4. The van der Waals surface area contributed by atoms with Crippen LogP contribution in [-0.4, -0.2) is 34.8 Å². The number of nitrogens with one attached hydrogen (secondary N) is 2. The van der Waals surface area contributed by atoms with Gasteiger partial charge in [-0.25, -0.2) is 13.4 Å². The van der Waals surface area contributed by atoms with Gasteiger partial charge in [0.05, 0.1) is 27.3 Å². The van der Waals surface area contributed by atoms with Crippen molar-refractivity contribution in [2.24, 2.45) is 0 Å². The average molecular weight is 450 g/mol. The molecular weight excluding hydrogens is 434 g/mol. The second-order valence-corrected chi connectivity index (χ2v) is 9.52. The third-order valence-electron chi connectivity index (χ3n) is 5.02. The fraction of sp³-hybridized carbons (Fsp3) is 0.0455. The largest absolute Gasteiger partial charge is 0.340 e. The molecular formula is C22H16ClN5O2S. The van der Waals surface area contributed by atoms with Crippen LogP contribution in [0.25, 0.3) is 32.9 Å². The number of sulfone groups is 1. The minimum atomic E-state index is -3.24. The summed E-state index contributed by atoms with van der Waals surface area (Å²) in [4.78, 5) is 9.31. The highest BCUT2D eigenvalue weighted by Crippen LogP contribution is 2.36. The predicted octanol–water partition coefficient (Wildman–Crippen LogP) is 4.97. The number of hydrogen-bond donors (Lipinski definition) is 2. The van der Waals surface area contributed by atoms with Crippen molar-refractivity contribution in [3.63, 3.8) is 0 Å². The van der Waals surface area contributed by atoms with Gasteiger partial charge in [0.1, 0.15) is 5.82 Å². The van der Waals surface area contributed by atoms with Gasteiger partial charge in [-0.15, -0.1) is 0 Å². The summed E-state index contributed by atoms with van der Waals surface area (Å²) in [6.45, 7) is 0. The Morgan fingerprint density at radius 1 is 0.968 bits per heavy atom. The van der Waals surface area contributed by atoms with E-state index in [1.807, 2.05) is 24.3 Å². The maximum Gasteiger partial charge on any atom is 0.175 e. The standard InChI is InChI=1S/C22H16ClN5O2S/c1-31(29,30)15-4-2-14(3-5-15)27-20-10-17-13(11-25-20)8-9-24-22(17)16-6-7-19-18(21(16)23)12-26-28-19/h2-12H,1H3,(H,25,27)(H,26,28). The molecule has 2 N–H and O–H groups in total. The van der Waals surface area contributed by atoms with Crippen molar-refractivity contribution < 1.29 is 8.42 Å². The minimum Gasteiger partial charge on any atom is -0.340 e. The van der Waals surface area contributed by atoms with E-state index in [4.69, 9.17) is 11.6 Å². The Morgan fingerprint density at radius 2 is 1.77 bits per heavy atom. The number of H-pyrrole nitrogens is 1. The number of anilines is 2. The van der Waals surface area contributed by atoms with Crippen LogP contribution < -0.4 is 5.32 Å². The lowest BCUT2D eigenvalue weighted by atomic mass is 10.0. The number of nitrogens with zero attached hydrogens (tertiary/aromatic N) is 3. The summed E-state index contributed by atoms with van der Waals surface area (Å²) in [5.41, 5.74) is 3.12. The van der Waals surface area contributed by atoms with Gasteiger partial charge in [-0.2, -0.15) is 5.10 Å². The monoisotopic (exact) mass is 449 g/mol. The molecule has 0 amide bonds. The zero-order valence-corrected chi connectivity index (χ0v) is 17.9. The van der Waals surface area contributed by atoms with Crippen LogP contribution in [0.3, 0.4) is 0 Å². The SMILES string of the molecule is CS(=O)(=O)c1ccc(Nc2cc3c(-c4ccc5[nH]ncc5c4Cl)nccc3cn2)cc1. The van der Waals surface area contributed by atoms with E-state index in [9.17, 15) is 8.42 Å². The van der Waals surface area contributed by atoms with Gasteiger partial charge in [0.2, 0.25) is 0 Å². The number of pyridine rings is 2. The lowest BCUT2D eigenvalue weighted by Gasteiger charge is -2.11. The van der Waals surface area contributed by atoms with Crippen molar-refractivity contribution in [3.05, 3.63) is 72.1 Å². The first-order valence-electron chi connectivity index (χ1n) is 9.34. The quantitative estimate of drug-likeness (QED) is 0.401. The van der Waals surface area contributed by atoms with Gasteiger partial charge in [-0.05, 0) is 48.5 Å². The maximum absolute atomic E-state index is 11.7. The highest BCUT2D eigenvalue weighted by molar-refractivity contribution is 7.90. The Bertz CT molecular complexity index is 1550. The van der Waals surface area contributed by atoms with Crippen LogP contribution in [0.1, 0.15) is 0 Å². The van der Waals surface area contributed by atoms with Gasteiger partial charge in [0, 0.05) is 46.1 Å². The molecule has 0 aliphatic heterocycles. The molecule has 0 aliphatic carbocycles. The molecule has 7 nitrogen and oxygen atoms in total. The number of benzene rings is 2. The Hall–Kier alpha value is -3.49. The molecule has 9 heteroatoms. The molecule has 0 unspecified atom stereocenters. The number of hydrogen-bond acceptors (Lipinski definition) is 6. The molecule has 5 rings (SSSR count). The fourth-order valence-electron chi connectivity index (χ4n) is 3.45. The van der Waals surface area contributed by atoms with Crippen molar-refractivity contribution in [1.29, 1.82) is 0 Å². The Labute approximate surface area is 183 Å². The van der Waals surface area contributed by atoms with Crippen LogP contribution in [0.15, 0.2) is 72.0 Å². The molecule has 0 spiro atoms. The third-order valence-corrected chi connectivity index (χ3v) is 6.55. The van der Waals surface area contributed by atoms with E-state index in [1.165, 1.54) is 6.26 Å². The molecule has 3 heterocycles. The summed E-state index contributed by atoms with van der Waals surface area (Å²) in [6, 6.07) is 14.2. The smallest absolute Gasteiger partial charge is 0.175 e. The first-order chi connectivity index (χ1) is 14.9. The van der Waals surface area contributed by atoms with Gasteiger partial charge < -0.3 is 5.32 Å². The van der Waals surface area contributed by atoms with Crippen LogP contribution in [0, 0.1) is 0 Å². The molecule has 0 saturated carbocycles. The molecule has 31 heavy (non-hydrogen) atoms. The van der Waals surface area contributed by atoms with E-state index in [0.29, 0.717) is 10.8 Å². The summed E-state index contributed by atoms with van der Waals surface area (Å²) >= 11 is 6.66. The van der Waals surface area contributed by atoms with Crippen LogP contribution in [0.2, 0.25) is 5.02 Å². The molecule has 0 aliphatic rings. The second-order valence-electron chi connectivity index (χ2n) is 7.13. The molecule has 5 aromatic rings. The van der Waals surface area contributed by atoms with Crippen LogP contribution in [0.4, 0.5) is 11.5 Å². The Morgan fingerprint density at radius 3 is 2.55 bits per heavy atom. The first kappa shape index (κ1) is 19.5. The average Bonchev–Trinajstić information content (AvgIpc) is 3.23. The lowest BCUT2D eigenvalue weighted by molar-refractivity contribution is 0.602. The van der Waals surface area contributed by atoms with E-state index in [2.05, 4.69) is 25.5 Å². The summed E-state index contributed by atoms with van der Waals surface area (Å²) in [5.74, 6) is 0.606. The Balaban J connectivity index is 1.57. The van der Waals surface area contributed by atoms with E-state index in [-0.39, 0.29) is 4.90 Å². The summed E-state index contributed by atoms with van der Waals surface area (Å²) in [6.07, 6.45) is 6.37. The van der Waals surface area contributed by atoms with Crippen molar-refractivity contribution >= 4 is 54.6 Å². The zero-order valence-electron chi connectivity index (χ0n) is 16.3. The molecule has 0 bridgehead atoms. The molecule has 0 saturated heterocycles. The fourth-order valence-corrected chi connectivity index (χ4v) is 4.38. The molecule has 2 aromatic carbocycles. The lowest BCUT2D eigenvalue weighted by Crippen LogP contribution is -1.98. The van der Waals surface area contributed by atoms with Crippen molar-refractivity contribution in [1.82, 2.24) is 20.2 Å². The number of halogens is 1.